The maximum atomic E-state index is 12.5. The normalized spacial score (nSPS) is 10.4. The Morgan fingerprint density at radius 2 is 1.59 bits per heavy atom. The van der Waals surface area contributed by atoms with Crippen molar-refractivity contribution in [1.82, 2.24) is 4.90 Å². The Morgan fingerprint density at radius 1 is 0.853 bits per heavy atom. The molecule has 178 valence electrons. The molecule has 0 heterocycles. The Hall–Kier alpha value is -3.80. The van der Waals surface area contributed by atoms with Crippen molar-refractivity contribution in [2.45, 2.75) is 25.7 Å². The van der Waals surface area contributed by atoms with Crippen LogP contribution >= 0.6 is 0 Å². The minimum Gasteiger partial charge on any atom is -0.491 e. The highest BCUT2D eigenvalue weighted by Gasteiger charge is 2.08. The number of rotatable bonds is 12. The number of ether oxygens (including phenoxy) is 1. The molecule has 0 unspecified atom stereocenters. The number of carbonyl (C=O) groups excluding carboxylic acids is 2. The van der Waals surface area contributed by atoms with Gasteiger partial charge >= 0.3 is 0 Å². The second-order valence-electron chi connectivity index (χ2n) is 8.32. The SMILES string of the molecule is CN(C)C(=O)CCc1cccc(NC(=O)CNc2ccccc2OCCCc2ccccc2)c1. The number of carbonyl (C=O) groups is 2. The second kappa shape index (κ2) is 13.0. The lowest BCUT2D eigenvalue weighted by atomic mass is 10.1. The Morgan fingerprint density at radius 3 is 2.38 bits per heavy atom. The maximum Gasteiger partial charge on any atom is 0.243 e. The molecule has 0 saturated carbocycles. The number of nitrogens with zero attached hydrogens (tertiary/aromatic N) is 1. The van der Waals surface area contributed by atoms with Crippen LogP contribution in [0.3, 0.4) is 0 Å². The minimum atomic E-state index is -0.152. The largest absolute Gasteiger partial charge is 0.491 e. The van der Waals surface area contributed by atoms with E-state index in [1.807, 2.05) is 66.7 Å². The third-order valence-corrected chi connectivity index (χ3v) is 5.37. The first-order valence-corrected chi connectivity index (χ1v) is 11.6. The van der Waals surface area contributed by atoms with Gasteiger partial charge in [-0.05, 0) is 54.7 Å². The Balaban J connectivity index is 1.46. The van der Waals surface area contributed by atoms with Gasteiger partial charge in [-0.15, -0.1) is 0 Å². The number of hydrogen-bond acceptors (Lipinski definition) is 4. The summed E-state index contributed by atoms with van der Waals surface area (Å²) in [6, 6.07) is 25.6. The van der Waals surface area contributed by atoms with E-state index in [1.54, 1.807) is 19.0 Å². The van der Waals surface area contributed by atoms with Gasteiger partial charge in [-0.1, -0.05) is 54.6 Å². The Bertz CT molecular complexity index is 1070. The molecule has 3 aromatic rings. The molecule has 0 aliphatic rings. The van der Waals surface area contributed by atoms with Crippen molar-refractivity contribution in [2.75, 3.05) is 37.9 Å². The fraction of sp³-hybridized carbons (Fsp3) is 0.286. The van der Waals surface area contributed by atoms with Gasteiger partial charge in [0, 0.05) is 26.2 Å². The minimum absolute atomic E-state index is 0.0830. The standard InChI is InChI=1S/C28H33N3O3/c1-31(2)28(33)18-17-23-12-8-14-24(20-23)30-27(32)21-29-25-15-6-7-16-26(25)34-19-9-13-22-10-4-3-5-11-22/h3-8,10-12,14-16,20,29H,9,13,17-19,21H2,1-2H3,(H,30,32). The summed E-state index contributed by atoms with van der Waals surface area (Å²) in [4.78, 5) is 25.9. The summed E-state index contributed by atoms with van der Waals surface area (Å²) in [6.45, 7) is 0.719. The molecule has 3 rings (SSSR count). The Kier molecular flexibility index (Phi) is 9.52. The van der Waals surface area contributed by atoms with Crippen LogP contribution in [0.5, 0.6) is 5.75 Å². The molecule has 0 saturated heterocycles. The van der Waals surface area contributed by atoms with E-state index < -0.39 is 0 Å². The van der Waals surface area contributed by atoms with Crippen LogP contribution in [0.1, 0.15) is 24.0 Å². The monoisotopic (exact) mass is 459 g/mol. The molecule has 0 bridgehead atoms. The number of para-hydroxylation sites is 2. The molecular formula is C28H33N3O3. The van der Waals surface area contributed by atoms with Gasteiger partial charge in [0.05, 0.1) is 18.8 Å². The molecule has 2 N–H and O–H groups in total. The van der Waals surface area contributed by atoms with Crippen LogP contribution in [0.25, 0.3) is 0 Å². The Labute approximate surface area is 201 Å². The van der Waals surface area contributed by atoms with Gasteiger partial charge in [-0.2, -0.15) is 0 Å². The number of nitrogens with one attached hydrogen (secondary N) is 2. The summed E-state index contributed by atoms with van der Waals surface area (Å²) in [5.74, 6) is 0.663. The lowest BCUT2D eigenvalue weighted by Crippen LogP contribution is -2.22. The van der Waals surface area contributed by atoms with Crippen LogP contribution in [0.4, 0.5) is 11.4 Å². The smallest absolute Gasteiger partial charge is 0.243 e. The molecule has 3 aromatic carbocycles. The highest BCUT2D eigenvalue weighted by molar-refractivity contribution is 5.94. The fourth-order valence-electron chi connectivity index (χ4n) is 3.50. The van der Waals surface area contributed by atoms with Gasteiger partial charge in [0.1, 0.15) is 5.75 Å². The molecule has 0 aromatic heterocycles. The third-order valence-electron chi connectivity index (χ3n) is 5.37. The number of anilines is 2. The van der Waals surface area contributed by atoms with E-state index >= 15 is 0 Å². The number of aryl methyl sites for hydroxylation is 2. The number of hydrogen-bond donors (Lipinski definition) is 2. The molecule has 6 heteroatoms. The predicted molar refractivity (Wildman–Crippen MR) is 137 cm³/mol. The molecule has 0 fully saturated rings. The molecule has 0 aliphatic heterocycles. The van der Waals surface area contributed by atoms with Gasteiger partial charge in [0.15, 0.2) is 0 Å². The summed E-state index contributed by atoms with van der Waals surface area (Å²) >= 11 is 0. The van der Waals surface area contributed by atoms with E-state index in [0.717, 1.165) is 29.8 Å². The van der Waals surface area contributed by atoms with Crippen molar-refractivity contribution in [2.24, 2.45) is 0 Å². The first-order chi connectivity index (χ1) is 16.5. The number of benzene rings is 3. The lowest BCUT2D eigenvalue weighted by Gasteiger charge is -2.14. The van der Waals surface area contributed by atoms with Crippen LogP contribution in [0.2, 0.25) is 0 Å². The third kappa shape index (κ3) is 8.28. The van der Waals surface area contributed by atoms with Crippen molar-refractivity contribution in [3.63, 3.8) is 0 Å². The van der Waals surface area contributed by atoms with Crippen LogP contribution in [0, 0.1) is 0 Å². The van der Waals surface area contributed by atoms with Crippen LogP contribution < -0.4 is 15.4 Å². The summed E-state index contributed by atoms with van der Waals surface area (Å²) < 4.78 is 5.96. The summed E-state index contributed by atoms with van der Waals surface area (Å²) in [6.07, 6.45) is 2.94. The average Bonchev–Trinajstić information content (AvgIpc) is 2.85. The molecule has 2 amide bonds. The van der Waals surface area contributed by atoms with E-state index in [2.05, 4.69) is 22.8 Å². The summed E-state index contributed by atoms with van der Waals surface area (Å²) in [7, 11) is 3.50. The van der Waals surface area contributed by atoms with E-state index in [4.69, 9.17) is 4.74 Å². The van der Waals surface area contributed by atoms with Crippen LogP contribution in [0.15, 0.2) is 78.9 Å². The van der Waals surface area contributed by atoms with Gasteiger partial charge in [0.25, 0.3) is 0 Å². The molecule has 0 atom stereocenters. The first-order valence-electron chi connectivity index (χ1n) is 11.6. The second-order valence-corrected chi connectivity index (χ2v) is 8.32. The zero-order chi connectivity index (χ0) is 24.2. The van der Waals surface area contributed by atoms with E-state index in [-0.39, 0.29) is 18.4 Å². The highest BCUT2D eigenvalue weighted by atomic mass is 16.5. The molecule has 0 spiro atoms. The van der Waals surface area contributed by atoms with Gasteiger partial charge < -0.3 is 20.3 Å². The maximum absolute atomic E-state index is 12.5. The quantitative estimate of drug-likeness (QED) is 0.383. The first kappa shape index (κ1) is 24.8. The molecule has 0 radical (unpaired) electrons. The zero-order valence-electron chi connectivity index (χ0n) is 19.9. The van der Waals surface area contributed by atoms with Crippen molar-refractivity contribution in [1.29, 1.82) is 0 Å². The van der Waals surface area contributed by atoms with E-state index in [9.17, 15) is 9.59 Å². The molecule has 6 nitrogen and oxygen atoms in total. The summed E-state index contributed by atoms with van der Waals surface area (Å²) in [5.41, 5.74) is 3.80. The van der Waals surface area contributed by atoms with Crippen molar-refractivity contribution in [3.05, 3.63) is 90.0 Å². The highest BCUT2D eigenvalue weighted by Crippen LogP contribution is 2.24. The fourth-order valence-corrected chi connectivity index (χ4v) is 3.50. The van der Waals surface area contributed by atoms with E-state index in [0.29, 0.717) is 25.1 Å². The molecular weight excluding hydrogens is 426 g/mol. The van der Waals surface area contributed by atoms with Crippen LogP contribution in [-0.4, -0.2) is 44.0 Å². The van der Waals surface area contributed by atoms with Gasteiger partial charge in [0.2, 0.25) is 11.8 Å². The van der Waals surface area contributed by atoms with Gasteiger partial charge in [-0.25, -0.2) is 0 Å². The topological polar surface area (TPSA) is 70.7 Å². The average molecular weight is 460 g/mol. The predicted octanol–water partition coefficient (Wildman–Crippen LogP) is 4.77. The van der Waals surface area contributed by atoms with E-state index in [1.165, 1.54) is 5.56 Å². The molecule has 34 heavy (non-hydrogen) atoms. The van der Waals surface area contributed by atoms with Crippen molar-refractivity contribution >= 4 is 23.2 Å². The van der Waals surface area contributed by atoms with Gasteiger partial charge in [-0.3, -0.25) is 9.59 Å². The summed E-state index contributed by atoms with van der Waals surface area (Å²) in [5, 5.41) is 6.09. The number of amides is 2. The lowest BCUT2D eigenvalue weighted by molar-refractivity contribution is -0.128. The van der Waals surface area contributed by atoms with Crippen LogP contribution in [-0.2, 0) is 22.4 Å². The van der Waals surface area contributed by atoms with Crippen molar-refractivity contribution < 1.29 is 14.3 Å². The molecule has 0 aliphatic carbocycles. The van der Waals surface area contributed by atoms with Crippen molar-refractivity contribution in [3.8, 4) is 5.75 Å². The zero-order valence-corrected chi connectivity index (χ0v) is 19.9.